The molecule has 3 atom stereocenters. The van der Waals surface area contributed by atoms with Gasteiger partial charge in [0.15, 0.2) is 5.75 Å². The summed E-state index contributed by atoms with van der Waals surface area (Å²) >= 11 is 0. The van der Waals surface area contributed by atoms with Gasteiger partial charge in [-0.25, -0.2) is 0 Å². The van der Waals surface area contributed by atoms with Crippen molar-refractivity contribution in [1.29, 1.82) is 0 Å². The molecular formula is C16H21N3O. The average Bonchev–Trinajstić information content (AvgIpc) is 3.19. The van der Waals surface area contributed by atoms with Crippen molar-refractivity contribution in [3.05, 3.63) is 47.8 Å². The molecule has 20 heavy (non-hydrogen) atoms. The highest BCUT2D eigenvalue weighted by atomic mass is 16.5. The van der Waals surface area contributed by atoms with Crippen LogP contribution in [-0.2, 0) is 7.05 Å². The number of methoxy groups -OCH3 is 1. The van der Waals surface area contributed by atoms with E-state index in [4.69, 9.17) is 4.74 Å². The summed E-state index contributed by atoms with van der Waals surface area (Å²) < 4.78 is 7.36. The number of hydrogen-bond donors (Lipinski definition) is 1. The summed E-state index contributed by atoms with van der Waals surface area (Å²) in [5, 5.41) is 7.76. The second-order valence-corrected chi connectivity index (χ2v) is 5.40. The van der Waals surface area contributed by atoms with Gasteiger partial charge in [0.25, 0.3) is 0 Å². The molecular weight excluding hydrogens is 250 g/mol. The van der Waals surface area contributed by atoms with Gasteiger partial charge in [-0.1, -0.05) is 30.3 Å². The number of nitrogens with zero attached hydrogens (tertiary/aromatic N) is 2. The van der Waals surface area contributed by atoms with Crippen molar-refractivity contribution in [1.82, 2.24) is 15.1 Å². The van der Waals surface area contributed by atoms with E-state index in [-0.39, 0.29) is 6.04 Å². The van der Waals surface area contributed by atoms with Crippen molar-refractivity contribution in [2.45, 2.75) is 18.4 Å². The van der Waals surface area contributed by atoms with Crippen molar-refractivity contribution >= 4 is 0 Å². The molecule has 4 heteroatoms. The van der Waals surface area contributed by atoms with Crippen molar-refractivity contribution in [3.8, 4) is 5.75 Å². The first-order valence-corrected chi connectivity index (χ1v) is 7.04. The monoisotopic (exact) mass is 271 g/mol. The Hall–Kier alpha value is -1.81. The number of hydrogen-bond acceptors (Lipinski definition) is 3. The Morgan fingerprint density at radius 3 is 2.75 bits per heavy atom. The van der Waals surface area contributed by atoms with Crippen molar-refractivity contribution in [2.24, 2.45) is 13.0 Å². The minimum absolute atomic E-state index is 0.280. The number of ether oxygens (including phenoxy) is 1. The van der Waals surface area contributed by atoms with Gasteiger partial charge in [-0.2, -0.15) is 5.10 Å². The second-order valence-electron chi connectivity index (χ2n) is 5.40. The Labute approximate surface area is 119 Å². The third kappa shape index (κ3) is 2.20. The molecule has 0 bridgehead atoms. The molecule has 4 nitrogen and oxygen atoms in total. The maximum Gasteiger partial charge on any atom is 0.161 e. The predicted octanol–water partition coefficient (Wildman–Crippen LogP) is 2.49. The number of nitrogens with one attached hydrogen (secondary N) is 1. The predicted molar refractivity (Wildman–Crippen MR) is 78.9 cm³/mol. The summed E-state index contributed by atoms with van der Waals surface area (Å²) in [5.41, 5.74) is 2.57. The van der Waals surface area contributed by atoms with E-state index in [2.05, 4.69) is 40.7 Å². The van der Waals surface area contributed by atoms with Crippen LogP contribution in [0.3, 0.4) is 0 Å². The van der Waals surface area contributed by atoms with E-state index in [9.17, 15) is 0 Å². The van der Waals surface area contributed by atoms with Crippen molar-refractivity contribution in [3.63, 3.8) is 0 Å². The maximum absolute atomic E-state index is 5.44. The van der Waals surface area contributed by atoms with Crippen LogP contribution < -0.4 is 10.1 Å². The molecule has 1 saturated carbocycles. The molecule has 106 valence electrons. The zero-order chi connectivity index (χ0) is 14.1. The lowest BCUT2D eigenvalue weighted by Gasteiger charge is -2.18. The first-order valence-electron chi connectivity index (χ1n) is 7.04. The number of rotatable bonds is 5. The molecule has 0 aliphatic heterocycles. The Morgan fingerprint density at radius 2 is 2.10 bits per heavy atom. The van der Waals surface area contributed by atoms with Gasteiger partial charge in [0.2, 0.25) is 0 Å². The fraction of sp³-hybridized carbons (Fsp3) is 0.438. The van der Waals surface area contributed by atoms with E-state index in [1.54, 1.807) is 13.3 Å². The lowest BCUT2D eigenvalue weighted by atomic mass is 10.0. The van der Waals surface area contributed by atoms with Gasteiger partial charge >= 0.3 is 0 Å². The molecule has 1 aromatic heterocycles. The van der Waals surface area contributed by atoms with Crippen molar-refractivity contribution < 1.29 is 4.74 Å². The molecule has 3 rings (SSSR count). The van der Waals surface area contributed by atoms with Crippen LogP contribution in [0.4, 0.5) is 0 Å². The molecule has 1 aromatic carbocycles. The fourth-order valence-electron chi connectivity index (χ4n) is 3.16. The summed E-state index contributed by atoms with van der Waals surface area (Å²) in [6.45, 7) is 0. The fourth-order valence-corrected chi connectivity index (χ4v) is 3.16. The van der Waals surface area contributed by atoms with Crippen LogP contribution in [0.1, 0.15) is 29.6 Å². The highest BCUT2D eigenvalue weighted by molar-refractivity contribution is 5.34. The zero-order valence-corrected chi connectivity index (χ0v) is 12.2. The van der Waals surface area contributed by atoms with Gasteiger partial charge < -0.3 is 10.1 Å². The van der Waals surface area contributed by atoms with Gasteiger partial charge in [0, 0.05) is 7.05 Å². The van der Waals surface area contributed by atoms with E-state index >= 15 is 0 Å². The molecule has 0 spiro atoms. The molecule has 1 heterocycles. The molecule has 0 saturated heterocycles. The smallest absolute Gasteiger partial charge is 0.161 e. The van der Waals surface area contributed by atoms with Gasteiger partial charge in [-0.15, -0.1) is 0 Å². The number of benzene rings is 1. The van der Waals surface area contributed by atoms with Gasteiger partial charge in [0.1, 0.15) is 0 Å². The van der Waals surface area contributed by atoms with Crippen LogP contribution in [-0.4, -0.2) is 23.9 Å². The second kappa shape index (κ2) is 5.29. The Kier molecular flexibility index (Phi) is 3.49. The highest BCUT2D eigenvalue weighted by Crippen LogP contribution is 2.54. The maximum atomic E-state index is 5.44. The standard InChI is InChI=1S/C16H21N3O/c1-17-15(16-14(20-3)10-18-19(16)2)13-9-12(13)11-7-5-4-6-8-11/h4-8,10,12-13,15,17H,9H2,1-3H3. The average molecular weight is 271 g/mol. The van der Waals surface area contributed by atoms with Crippen LogP contribution >= 0.6 is 0 Å². The molecule has 1 fully saturated rings. The van der Waals surface area contributed by atoms with Crippen LogP contribution in [0.5, 0.6) is 5.75 Å². The normalized spacial score (nSPS) is 22.6. The quantitative estimate of drug-likeness (QED) is 0.908. The molecule has 2 aromatic rings. The lowest BCUT2D eigenvalue weighted by molar-refractivity contribution is 0.388. The van der Waals surface area contributed by atoms with Gasteiger partial charge in [0.05, 0.1) is 25.0 Å². The Bertz CT molecular complexity index is 579. The summed E-state index contributed by atoms with van der Waals surface area (Å²) in [4.78, 5) is 0. The van der Waals surface area contributed by atoms with E-state index in [1.807, 2.05) is 18.8 Å². The lowest BCUT2D eigenvalue weighted by Crippen LogP contribution is -2.22. The number of aryl methyl sites for hydroxylation is 1. The third-order valence-corrected chi connectivity index (χ3v) is 4.27. The van der Waals surface area contributed by atoms with Gasteiger partial charge in [-0.3, -0.25) is 4.68 Å². The molecule has 1 aliphatic rings. The molecule has 0 amide bonds. The Balaban J connectivity index is 1.84. The van der Waals surface area contributed by atoms with Crippen LogP contribution in [0.2, 0.25) is 0 Å². The summed E-state index contributed by atoms with van der Waals surface area (Å²) in [7, 11) is 5.69. The molecule has 1 aliphatic carbocycles. The van der Waals surface area contributed by atoms with E-state index in [0.717, 1.165) is 11.4 Å². The molecule has 0 radical (unpaired) electrons. The van der Waals surface area contributed by atoms with Gasteiger partial charge in [-0.05, 0) is 30.9 Å². The van der Waals surface area contributed by atoms with Crippen molar-refractivity contribution in [2.75, 3.05) is 14.2 Å². The highest BCUT2D eigenvalue weighted by Gasteiger charge is 2.45. The minimum Gasteiger partial charge on any atom is -0.493 e. The number of aromatic nitrogens is 2. The molecule has 3 unspecified atom stereocenters. The zero-order valence-electron chi connectivity index (χ0n) is 12.2. The topological polar surface area (TPSA) is 39.1 Å². The first-order chi connectivity index (χ1) is 9.76. The van der Waals surface area contributed by atoms with Crippen LogP contribution in [0, 0.1) is 5.92 Å². The van der Waals surface area contributed by atoms with Crippen LogP contribution in [0.25, 0.3) is 0 Å². The minimum atomic E-state index is 0.280. The van der Waals surface area contributed by atoms with E-state index in [0.29, 0.717) is 11.8 Å². The summed E-state index contributed by atoms with van der Waals surface area (Å²) in [5.74, 6) is 2.10. The summed E-state index contributed by atoms with van der Waals surface area (Å²) in [6, 6.07) is 11.0. The van der Waals surface area contributed by atoms with E-state index < -0.39 is 0 Å². The van der Waals surface area contributed by atoms with Crippen LogP contribution in [0.15, 0.2) is 36.5 Å². The van der Waals surface area contributed by atoms with E-state index in [1.165, 1.54) is 12.0 Å². The largest absolute Gasteiger partial charge is 0.493 e. The SMILES string of the molecule is CNC(c1c(OC)cnn1C)C1CC1c1ccccc1. The summed E-state index contributed by atoms with van der Waals surface area (Å²) in [6.07, 6.45) is 3.00. The third-order valence-electron chi connectivity index (χ3n) is 4.27. The Morgan fingerprint density at radius 1 is 1.35 bits per heavy atom. The first kappa shape index (κ1) is 13.2. The molecule has 1 N–H and O–H groups in total.